The van der Waals surface area contributed by atoms with Gasteiger partial charge in [0.15, 0.2) is 0 Å². The Morgan fingerprint density at radius 1 is 1.08 bits per heavy atom. The highest BCUT2D eigenvalue weighted by atomic mass is 15.2. The number of hydrogen-bond donors (Lipinski definition) is 1. The molecular formula is C23H30N2. The number of piperidine rings is 1. The van der Waals surface area contributed by atoms with E-state index in [1.54, 1.807) is 0 Å². The number of fused-ring (bicyclic) bond motifs is 1. The van der Waals surface area contributed by atoms with E-state index >= 15 is 0 Å². The number of aromatic nitrogens is 1. The summed E-state index contributed by atoms with van der Waals surface area (Å²) in [4.78, 5) is 6.15. The van der Waals surface area contributed by atoms with E-state index in [0.717, 1.165) is 6.54 Å². The van der Waals surface area contributed by atoms with Gasteiger partial charge in [-0.15, -0.1) is 0 Å². The van der Waals surface area contributed by atoms with Crippen molar-refractivity contribution >= 4 is 10.9 Å². The van der Waals surface area contributed by atoms with E-state index in [1.807, 2.05) is 0 Å². The molecule has 1 aliphatic rings. The van der Waals surface area contributed by atoms with Crippen LogP contribution in [0.3, 0.4) is 0 Å². The first-order valence-corrected chi connectivity index (χ1v) is 9.62. The Hall–Kier alpha value is -2.06. The molecule has 1 aliphatic heterocycles. The smallest absolute Gasteiger partial charge is 0.0492 e. The number of nitrogens with zero attached hydrogens (tertiary/aromatic N) is 1. The second-order valence-corrected chi connectivity index (χ2v) is 7.63. The van der Waals surface area contributed by atoms with Crippen molar-refractivity contribution in [3.05, 3.63) is 71.4 Å². The van der Waals surface area contributed by atoms with Gasteiger partial charge in [0.25, 0.3) is 0 Å². The SMILES string of the molecule is CC(C)c1ccc(CN2CCCCC2c2ccccc2)c2cc[nH]c12.[HH]. The van der Waals surface area contributed by atoms with Gasteiger partial charge in [0.2, 0.25) is 0 Å². The molecule has 2 heteroatoms. The van der Waals surface area contributed by atoms with Crippen LogP contribution in [0.2, 0.25) is 0 Å². The molecule has 1 atom stereocenters. The summed E-state index contributed by atoms with van der Waals surface area (Å²) >= 11 is 0. The van der Waals surface area contributed by atoms with Crippen molar-refractivity contribution in [1.29, 1.82) is 0 Å². The van der Waals surface area contributed by atoms with Gasteiger partial charge in [-0.1, -0.05) is 62.7 Å². The average molecular weight is 335 g/mol. The Bertz CT molecular complexity index is 838. The number of aromatic amines is 1. The van der Waals surface area contributed by atoms with Gasteiger partial charge < -0.3 is 4.98 Å². The molecule has 1 saturated heterocycles. The minimum absolute atomic E-state index is 0. The summed E-state index contributed by atoms with van der Waals surface area (Å²) in [6, 6.07) is 18.5. The molecule has 2 heterocycles. The zero-order valence-electron chi connectivity index (χ0n) is 15.3. The van der Waals surface area contributed by atoms with Crippen LogP contribution in [0.4, 0.5) is 0 Å². The lowest BCUT2D eigenvalue weighted by molar-refractivity contribution is 0.141. The molecule has 1 aromatic heterocycles. The number of likely N-dealkylation sites (tertiary alicyclic amines) is 1. The quantitative estimate of drug-likeness (QED) is 0.596. The van der Waals surface area contributed by atoms with Crippen LogP contribution < -0.4 is 0 Å². The lowest BCUT2D eigenvalue weighted by Crippen LogP contribution is -2.32. The van der Waals surface area contributed by atoms with Crippen molar-refractivity contribution in [2.75, 3.05) is 6.54 Å². The number of H-pyrrole nitrogens is 1. The fraction of sp³-hybridized carbons (Fsp3) is 0.391. The first-order chi connectivity index (χ1) is 12.2. The zero-order valence-corrected chi connectivity index (χ0v) is 15.3. The number of rotatable bonds is 4. The van der Waals surface area contributed by atoms with E-state index in [9.17, 15) is 0 Å². The Kier molecular flexibility index (Phi) is 4.63. The number of hydrogen-bond acceptors (Lipinski definition) is 1. The third-order valence-electron chi connectivity index (χ3n) is 5.64. The monoisotopic (exact) mass is 334 g/mol. The fourth-order valence-corrected chi connectivity index (χ4v) is 4.31. The number of benzene rings is 2. The second kappa shape index (κ2) is 7.05. The first-order valence-electron chi connectivity index (χ1n) is 9.62. The van der Waals surface area contributed by atoms with Gasteiger partial charge >= 0.3 is 0 Å². The predicted octanol–water partition coefficient (Wildman–Crippen LogP) is 6.26. The molecule has 132 valence electrons. The summed E-state index contributed by atoms with van der Waals surface area (Å²) < 4.78 is 0. The van der Waals surface area contributed by atoms with E-state index in [1.165, 1.54) is 53.4 Å². The summed E-state index contributed by atoms with van der Waals surface area (Å²) in [5.41, 5.74) is 5.65. The van der Waals surface area contributed by atoms with Gasteiger partial charge in [-0.2, -0.15) is 0 Å². The number of nitrogens with one attached hydrogen (secondary N) is 1. The van der Waals surface area contributed by atoms with Crippen LogP contribution in [0.5, 0.6) is 0 Å². The first kappa shape index (κ1) is 16.4. The molecular weight excluding hydrogens is 304 g/mol. The normalized spacial score (nSPS) is 18.9. The molecule has 2 nitrogen and oxygen atoms in total. The highest BCUT2D eigenvalue weighted by Gasteiger charge is 2.24. The third-order valence-corrected chi connectivity index (χ3v) is 5.64. The molecule has 0 amide bonds. The molecule has 0 bridgehead atoms. The highest BCUT2D eigenvalue weighted by Crippen LogP contribution is 2.34. The molecule has 0 radical (unpaired) electrons. The van der Waals surface area contributed by atoms with Crippen LogP contribution in [0, 0.1) is 0 Å². The van der Waals surface area contributed by atoms with Gasteiger partial charge in [-0.25, -0.2) is 0 Å². The van der Waals surface area contributed by atoms with Crippen molar-refractivity contribution in [2.24, 2.45) is 0 Å². The van der Waals surface area contributed by atoms with Gasteiger partial charge in [0.05, 0.1) is 0 Å². The summed E-state index contributed by atoms with van der Waals surface area (Å²) in [5.74, 6) is 0.544. The Labute approximate surface area is 152 Å². The molecule has 25 heavy (non-hydrogen) atoms. The van der Waals surface area contributed by atoms with Crippen LogP contribution in [0.1, 0.15) is 63.2 Å². The lowest BCUT2D eigenvalue weighted by Gasteiger charge is -2.36. The molecule has 1 fully saturated rings. The molecule has 3 aromatic rings. The molecule has 1 N–H and O–H groups in total. The molecule has 0 spiro atoms. The zero-order chi connectivity index (χ0) is 17.2. The maximum atomic E-state index is 3.47. The summed E-state index contributed by atoms with van der Waals surface area (Å²) in [6.07, 6.45) is 6.00. The standard InChI is InChI=1S/C23H28N2.H2/c1-17(2)20-12-11-19(21-13-14-24-23(20)21)16-25-15-7-6-10-22(25)18-8-4-3-5-9-18;/h3-5,8-9,11-14,17,22,24H,6-7,10,15-16H2,1-2H3;1H. The van der Waals surface area contributed by atoms with Crippen molar-refractivity contribution in [3.8, 4) is 0 Å². The van der Waals surface area contributed by atoms with Crippen LogP contribution in [-0.2, 0) is 6.54 Å². The summed E-state index contributed by atoms with van der Waals surface area (Å²) in [7, 11) is 0. The van der Waals surface area contributed by atoms with E-state index < -0.39 is 0 Å². The highest BCUT2D eigenvalue weighted by molar-refractivity contribution is 5.86. The molecule has 2 aromatic carbocycles. The van der Waals surface area contributed by atoms with Crippen molar-refractivity contribution < 1.29 is 1.43 Å². The van der Waals surface area contributed by atoms with E-state index in [-0.39, 0.29) is 1.43 Å². The predicted molar refractivity (Wildman–Crippen MR) is 108 cm³/mol. The van der Waals surface area contributed by atoms with E-state index in [2.05, 4.69) is 78.5 Å². The lowest BCUT2D eigenvalue weighted by atomic mass is 9.93. The molecule has 4 rings (SSSR count). The van der Waals surface area contributed by atoms with Crippen LogP contribution in [-0.4, -0.2) is 16.4 Å². The van der Waals surface area contributed by atoms with Gasteiger partial charge in [-0.05, 0) is 48.1 Å². The van der Waals surface area contributed by atoms with Gasteiger partial charge in [0, 0.05) is 31.1 Å². The van der Waals surface area contributed by atoms with Crippen LogP contribution in [0.15, 0.2) is 54.7 Å². The molecule has 0 aliphatic carbocycles. The topological polar surface area (TPSA) is 19.0 Å². The fourth-order valence-electron chi connectivity index (χ4n) is 4.31. The van der Waals surface area contributed by atoms with Gasteiger partial charge in [-0.3, -0.25) is 4.90 Å². The summed E-state index contributed by atoms with van der Waals surface area (Å²) in [5, 5.41) is 1.39. The minimum Gasteiger partial charge on any atom is -0.361 e. The maximum absolute atomic E-state index is 3.47. The van der Waals surface area contributed by atoms with Crippen LogP contribution >= 0.6 is 0 Å². The third kappa shape index (κ3) is 3.23. The average Bonchev–Trinajstić information content (AvgIpc) is 3.13. The van der Waals surface area contributed by atoms with Crippen molar-refractivity contribution in [3.63, 3.8) is 0 Å². The molecule has 1 unspecified atom stereocenters. The summed E-state index contributed by atoms with van der Waals surface area (Å²) in [6.45, 7) is 6.76. The second-order valence-electron chi connectivity index (χ2n) is 7.63. The maximum Gasteiger partial charge on any atom is 0.0492 e. The van der Waals surface area contributed by atoms with E-state index in [4.69, 9.17) is 0 Å². The Morgan fingerprint density at radius 2 is 1.92 bits per heavy atom. The van der Waals surface area contributed by atoms with Crippen molar-refractivity contribution in [2.45, 2.75) is 51.6 Å². The Balaban J connectivity index is 0.00000196. The minimum atomic E-state index is 0. The van der Waals surface area contributed by atoms with Gasteiger partial charge in [0.1, 0.15) is 0 Å². The Morgan fingerprint density at radius 3 is 2.72 bits per heavy atom. The van der Waals surface area contributed by atoms with E-state index in [0.29, 0.717) is 12.0 Å². The molecule has 0 saturated carbocycles. The van der Waals surface area contributed by atoms with Crippen molar-refractivity contribution in [1.82, 2.24) is 9.88 Å². The largest absolute Gasteiger partial charge is 0.361 e. The van der Waals surface area contributed by atoms with Crippen LogP contribution in [0.25, 0.3) is 10.9 Å².